The second-order valence-electron chi connectivity index (χ2n) is 8.59. The van der Waals surface area contributed by atoms with Crippen molar-refractivity contribution in [2.45, 2.75) is 64.8 Å². The van der Waals surface area contributed by atoms with Gasteiger partial charge in [-0.1, -0.05) is 18.5 Å². The largest absolute Gasteiger partial charge is 0.347 e. The van der Waals surface area contributed by atoms with Crippen LogP contribution in [-0.2, 0) is 7.05 Å². The highest BCUT2D eigenvalue weighted by Gasteiger charge is 2.54. The third-order valence-corrected chi connectivity index (χ3v) is 7.47. The van der Waals surface area contributed by atoms with Crippen LogP contribution in [0.15, 0.2) is 0 Å². The van der Waals surface area contributed by atoms with Crippen LogP contribution < -0.4 is 5.32 Å². The second kappa shape index (κ2) is 5.76. The van der Waals surface area contributed by atoms with E-state index in [1.807, 2.05) is 14.0 Å². The predicted octanol–water partition coefficient (Wildman–Crippen LogP) is 4.11. The quantitative estimate of drug-likeness (QED) is 0.889. The Bertz CT molecular complexity index is 631. The van der Waals surface area contributed by atoms with Crippen LogP contribution >= 0.6 is 11.6 Å². The van der Waals surface area contributed by atoms with Gasteiger partial charge in [-0.2, -0.15) is 5.10 Å². The van der Waals surface area contributed by atoms with E-state index in [1.165, 1.54) is 38.5 Å². The highest BCUT2D eigenvalue weighted by atomic mass is 35.5. The number of carbonyl (C=O) groups excluding carboxylic acids is 1. The van der Waals surface area contributed by atoms with Crippen LogP contribution in [0, 0.1) is 30.1 Å². The van der Waals surface area contributed by atoms with E-state index in [9.17, 15) is 4.79 Å². The summed E-state index contributed by atoms with van der Waals surface area (Å²) < 4.78 is 1.68. The molecule has 4 nitrogen and oxygen atoms in total. The predicted molar refractivity (Wildman–Crippen MR) is 95.1 cm³/mol. The van der Waals surface area contributed by atoms with E-state index in [-0.39, 0.29) is 11.9 Å². The Labute approximate surface area is 149 Å². The van der Waals surface area contributed by atoms with Crippen LogP contribution in [0.5, 0.6) is 0 Å². The van der Waals surface area contributed by atoms with E-state index < -0.39 is 0 Å². The van der Waals surface area contributed by atoms with Crippen LogP contribution in [0.1, 0.15) is 68.1 Å². The van der Waals surface area contributed by atoms with Crippen molar-refractivity contribution < 1.29 is 4.79 Å². The Morgan fingerprint density at radius 3 is 2.25 bits per heavy atom. The first kappa shape index (κ1) is 16.4. The molecule has 5 heteroatoms. The molecule has 4 bridgehead atoms. The van der Waals surface area contributed by atoms with Gasteiger partial charge in [-0.15, -0.1) is 0 Å². The minimum absolute atomic E-state index is 0.105. The molecule has 1 amide bonds. The number of aryl methyl sites for hydroxylation is 1. The zero-order chi connectivity index (χ0) is 17.1. The molecule has 5 rings (SSSR count). The average Bonchev–Trinajstić information content (AvgIpc) is 2.78. The van der Waals surface area contributed by atoms with Gasteiger partial charge in [-0.25, -0.2) is 0 Å². The van der Waals surface area contributed by atoms with Gasteiger partial charge in [-0.3, -0.25) is 9.48 Å². The Morgan fingerprint density at radius 1 is 1.29 bits per heavy atom. The van der Waals surface area contributed by atoms with Crippen molar-refractivity contribution in [3.05, 3.63) is 16.4 Å². The molecule has 1 aromatic heterocycles. The monoisotopic (exact) mass is 349 g/mol. The third kappa shape index (κ3) is 2.49. The molecule has 24 heavy (non-hydrogen) atoms. The van der Waals surface area contributed by atoms with E-state index in [2.05, 4.69) is 17.3 Å². The van der Waals surface area contributed by atoms with E-state index in [0.29, 0.717) is 16.1 Å². The molecule has 0 saturated heterocycles. The fourth-order valence-electron chi connectivity index (χ4n) is 6.25. The summed E-state index contributed by atoms with van der Waals surface area (Å²) in [5.41, 5.74) is 1.53. The molecule has 0 aliphatic heterocycles. The minimum atomic E-state index is -0.105. The fourth-order valence-corrected chi connectivity index (χ4v) is 6.49. The highest BCUT2D eigenvalue weighted by Crippen LogP contribution is 2.61. The van der Waals surface area contributed by atoms with Crippen molar-refractivity contribution in [2.75, 3.05) is 0 Å². The first-order valence-corrected chi connectivity index (χ1v) is 9.79. The lowest BCUT2D eigenvalue weighted by Crippen LogP contribution is -2.56. The molecule has 0 spiro atoms. The van der Waals surface area contributed by atoms with Crippen LogP contribution in [-0.4, -0.2) is 21.7 Å². The van der Waals surface area contributed by atoms with Crippen molar-refractivity contribution in [3.63, 3.8) is 0 Å². The summed E-state index contributed by atoms with van der Waals surface area (Å²) in [6, 6.07) is 0.247. The molecule has 1 N–H and O–H groups in total. The van der Waals surface area contributed by atoms with Gasteiger partial charge < -0.3 is 5.32 Å². The molecule has 0 radical (unpaired) electrons. The zero-order valence-corrected chi connectivity index (χ0v) is 15.7. The molecule has 1 heterocycles. The van der Waals surface area contributed by atoms with Gasteiger partial charge in [0.1, 0.15) is 0 Å². The highest BCUT2D eigenvalue weighted by molar-refractivity contribution is 6.34. The van der Waals surface area contributed by atoms with Gasteiger partial charge in [0.05, 0.1) is 10.7 Å². The smallest absolute Gasteiger partial charge is 0.273 e. The van der Waals surface area contributed by atoms with Gasteiger partial charge in [0, 0.05) is 13.1 Å². The second-order valence-corrected chi connectivity index (χ2v) is 8.96. The summed E-state index contributed by atoms with van der Waals surface area (Å²) in [6.07, 6.45) is 9.16. The van der Waals surface area contributed by atoms with E-state index in [0.717, 1.165) is 29.9 Å². The molecular weight excluding hydrogens is 322 g/mol. The van der Waals surface area contributed by atoms with Crippen LogP contribution in [0.2, 0.25) is 5.02 Å². The summed E-state index contributed by atoms with van der Waals surface area (Å²) in [5, 5.41) is 8.12. The maximum absolute atomic E-state index is 12.8. The van der Waals surface area contributed by atoms with Gasteiger partial charge >= 0.3 is 0 Å². The molecule has 0 aromatic carbocycles. The van der Waals surface area contributed by atoms with Gasteiger partial charge in [0.2, 0.25) is 0 Å². The van der Waals surface area contributed by atoms with Gasteiger partial charge in [-0.05, 0) is 75.0 Å². The number of hydrogen-bond acceptors (Lipinski definition) is 2. The Balaban J connectivity index is 1.56. The van der Waals surface area contributed by atoms with Crippen molar-refractivity contribution in [1.82, 2.24) is 15.1 Å². The fraction of sp³-hybridized carbons (Fsp3) is 0.789. The molecule has 1 unspecified atom stereocenters. The molecule has 4 aliphatic carbocycles. The molecule has 4 aliphatic rings. The number of halogens is 1. The minimum Gasteiger partial charge on any atom is -0.347 e. The Kier molecular flexibility index (Phi) is 3.94. The molecule has 132 valence electrons. The average molecular weight is 350 g/mol. The summed E-state index contributed by atoms with van der Waals surface area (Å²) in [6.45, 7) is 4.09. The Hall–Kier alpha value is -1.03. The summed E-state index contributed by atoms with van der Waals surface area (Å²) >= 11 is 6.31. The first-order chi connectivity index (χ1) is 11.4. The van der Waals surface area contributed by atoms with Crippen LogP contribution in [0.25, 0.3) is 0 Å². The number of rotatable bonds is 4. The maximum Gasteiger partial charge on any atom is 0.273 e. The summed E-state index contributed by atoms with van der Waals surface area (Å²) in [5.74, 6) is 2.57. The first-order valence-electron chi connectivity index (χ1n) is 9.42. The number of aromatic nitrogens is 2. The summed E-state index contributed by atoms with van der Waals surface area (Å²) in [4.78, 5) is 12.8. The number of nitrogens with one attached hydrogen (secondary N) is 1. The van der Waals surface area contributed by atoms with Crippen molar-refractivity contribution in [3.8, 4) is 0 Å². The third-order valence-electron chi connectivity index (χ3n) is 7.01. The molecule has 1 aromatic rings. The maximum atomic E-state index is 12.8. The van der Waals surface area contributed by atoms with E-state index in [4.69, 9.17) is 11.6 Å². The Morgan fingerprint density at radius 2 is 1.83 bits per heavy atom. The number of nitrogens with zero attached hydrogens (tertiary/aromatic N) is 2. The van der Waals surface area contributed by atoms with Crippen molar-refractivity contribution >= 4 is 17.5 Å². The lowest BCUT2D eigenvalue weighted by Gasteiger charge is -2.59. The van der Waals surface area contributed by atoms with E-state index in [1.54, 1.807) is 4.68 Å². The lowest BCUT2D eigenvalue weighted by atomic mass is 9.47. The standard InChI is InChI=1S/C19H28ClN3O/c1-4-15(21-18(24)17-16(20)11(2)23(3)22-17)19-8-12-5-13(9-19)7-14(6-12)10-19/h12-15H,4-10H2,1-3H3,(H,21,24). The normalized spacial score (nSPS) is 35.2. The molecule has 4 fully saturated rings. The van der Waals surface area contributed by atoms with Gasteiger partial charge in [0.25, 0.3) is 5.91 Å². The van der Waals surface area contributed by atoms with Crippen molar-refractivity contribution in [2.24, 2.45) is 30.2 Å². The van der Waals surface area contributed by atoms with Crippen molar-refractivity contribution in [1.29, 1.82) is 0 Å². The number of carbonyl (C=O) groups is 1. The lowest BCUT2D eigenvalue weighted by molar-refractivity contribution is -0.0727. The van der Waals surface area contributed by atoms with Crippen LogP contribution in [0.3, 0.4) is 0 Å². The number of hydrogen-bond donors (Lipinski definition) is 1. The van der Waals surface area contributed by atoms with Crippen LogP contribution in [0.4, 0.5) is 0 Å². The van der Waals surface area contributed by atoms with Gasteiger partial charge in [0.15, 0.2) is 5.69 Å². The molecular formula is C19H28ClN3O. The number of amides is 1. The summed E-state index contributed by atoms with van der Waals surface area (Å²) in [7, 11) is 1.83. The molecule has 4 saturated carbocycles. The topological polar surface area (TPSA) is 46.9 Å². The van der Waals surface area contributed by atoms with E-state index >= 15 is 0 Å². The zero-order valence-electron chi connectivity index (χ0n) is 14.9. The molecule has 1 atom stereocenters. The SMILES string of the molecule is CCC(NC(=O)c1nn(C)c(C)c1Cl)C12CC3CC(CC(C3)C1)C2.